The average molecular weight is 484 g/mol. The van der Waals surface area contributed by atoms with Crippen molar-refractivity contribution in [2.24, 2.45) is 5.92 Å². The molecule has 0 bridgehead atoms. The molecule has 1 aliphatic rings. The molecule has 1 N–H and O–H groups in total. The predicted octanol–water partition coefficient (Wildman–Crippen LogP) is 3.92. The number of aryl methyl sites for hydroxylation is 3. The van der Waals surface area contributed by atoms with Gasteiger partial charge in [0.15, 0.2) is 6.61 Å². The number of carbonyl (C=O) groups excluding carboxylic acids is 2. The van der Waals surface area contributed by atoms with Gasteiger partial charge in [-0.25, -0.2) is 9.97 Å². The number of fused-ring (bicyclic) bond motifs is 1. The number of aromatic nitrogens is 2. The van der Waals surface area contributed by atoms with Crippen LogP contribution in [0.1, 0.15) is 28.8 Å². The molecule has 2 aromatic heterocycles. The quantitative estimate of drug-likeness (QED) is 0.317. The van der Waals surface area contributed by atoms with Crippen molar-refractivity contribution < 1.29 is 19.2 Å². The third-order valence-corrected chi connectivity index (χ3v) is 7.22. The van der Waals surface area contributed by atoms with E-state index in [1.54, 1.807) is 36.7 Å². The van der Waals surface area contributed by atoms with Gasteiger partial charge in [0.25, 0.3) is 11.6 Å². The van der Waals surface area contributed by atoms with Crippen LogP contribution in [0.4, 0.5) is 17.2 Å². The molecule has 1 aromatic carbocycles. The van der Waals surface area contributed by atoms with Gasteiger partial charge >= 0.3 is 5.97 Å². The summed E-state index contributed by atoms with van der Waals surface area (Å²) >= 11 is 1.65. The minimum atomic E-state index is -0.546. The average Bonchev–Trinajstić information content (AvgIpc) is 3.12. The second-order valence-corrected chi connectivity index (χ2v) is 9.54. The zero-order valence-electron chi connectivity index (χ0n) is 19.2. The summed E-state index contributed by atoms with van der Waals surface area (Å²) in [6.45, 7) is 6.63. The third kappa shape index (κ3) is 4.84. The van der Waals surface area contributed by atoms with E-state index in [1.807, 2.05) is 0 Å². The van der Waals surface area contributed by atoms with Crippen LogP contribution in [0.15, 0.2) is 24.5 Å². The number of nitrogens with one attached hydrogen (secondary N) is 1. The first kappa shape index (κ1) is 23.6. The third-order valence-electron chi connectivity index (χ3n) is 6.11. The number of hydrogen-bond donors (Lipinski definition) is 1. The Morgan fingerprint density at radius 1 is 1.24 bits per heavy atom. The summed E-state index contributed by atoms with van der Waals surface area (Å²) in [5.41, 5.74) is 1.87. The first-order valence-electron chi connectivity index (χ1n) is 10.9. The lowest BCUT2D eigenvalue weighted by Gasteiger charge is -2.32. The lowest BCUT2D eigenvalue weighted by atomic mass is 9.97. The normalized spacial score (nSPS) is 14.3. The molecule has 1 amide bonds. The van der Waals surface area contributed by atoms with Crippen LogP contribution in [0.2, 0.25) is 0 Å². The maximum atomic E-state index is 12.5. The summed E-state index contributed by atoms with van der Waals surface area (Å²) in [6, 6.07) is 4.40. The van der Waals surface area contributed by atoms with Crippen molar-refractivity contribution in [1.29, 1.82) is 0 Å². The number of nitrogens with zero attached hydrogens (tertiary/aromatic N) is 4. The summed E-state index contributed by atoms with van der Waals surface area (Å²) in [5, 5.41) is 14.7. The lowest BCUT2D eigenvalue weighted by molar-refractivity contribution is -0.385. The Hall–Kier alpha value is -3.60. The molecule has 0 atom stereocenters. The number of rotatable bonds is 6. The number of ether oxygens (including phenoxy) is 1. The number of thiophene rings is 1. The Morgan fingerprint density at radius 3 is 2.68 bits per heavy atom. The molecular weight excluding hydrogens is 458 g/mol. The molecule has 1 saturated heterocycles. The summed E-state index contributed by atoms with van der Waals surface area (Å²) in [5.74, 6) is -0.368. The number of anilines is 2. The monoisotopic (exact) mass is 483 g/mol. The second-order valence-electron chi connectivity index (χ2n) is 8.34. The van der Waals surface area contributed by atoms with E-state index in [4.69, 9.17) is 4.74 Å². The van der Waals surface area contributed by atoms with Gasteiger partial charge in [-0.3, -0.25) is 19.7 Å². The van der Waals surface area contributed by atoms with Gasteiger partial charge in [-0.15, -0.1) is 11.3 Å². The number of hydrogen-bond acceptors (Lipinski definition) is 9. The molecule has 0 radical (unpaired) electrons. The Balaban J connectivity index is 1.30. The van der Waals surface area contributed by atoms with Crippen molar-refractivity contribution in [1.82, 2.24) is 9.97 Å². The smallest absolute Gasteiger partial charge is 0.309 e. The van der Waals surface area contributed by atoms with E-state index in [1.165, 1.54) is 16.5 Å². The molecule has 1 aliphatic heterocycles. The zero-order valence-corrected chi connectivity index (χ0v) is 20.0. The van der Waals surface area contributed by atoms with Crippen molar-refractivity contribution >= 4 is 50.6 Å². The molecule has 1 fully saturated rings. The first-order chi connectivity index (χ1) is 16.2. The number of amides is 1. The molecule has 0 unspecified atom stereocenters. The second kappa shape index (κ2) is 9.72. The van der Waals surface area contributed by atoms with Gasteiger partial charge in [-0.05, 0) is 45.2 Å². The molecule has 34 heavy (non-hydrogen) atoms. The van der Waals surface area contributed by atoms with Crippen LogP contribution in [0, 0.1) is 36.8 Å². The predicted molar refractivity (Wildman–Crippen MR) is 129 cm³/mol. The van der Waals surface area contributed by atoms with E-state index in [9.17, 15) is 19.7 Å². The molecule has 178 valence electrons. The summed E-state index contributed by atoms with van der Waals surface area (Å²) in [6.07, 6.45) is 2.77. The Labute approximate surface area is 200 Å². The highest BCUT2D eigenvalue weighted by atomic mass is 32.1. The number of esters is 1. The van der Waals surface area contributed by atoms with E-state index in [0.717, 1.165) is 16.0 Å². The molecule has 4 rings (SSSR count). The number of carbonyl (C=O) groups is 2. The number of nitro groups is 1. The van der Waals surface area contributed by atoms with Crippen molar-refractivity contribution in [2.75, 3.05) is 29.9 Å². The number of piperidine rings is 1. The number of nitro benzene ring substituents is 1. The fraction of sp³-hybridized carbons (Fsp3) is 0.391. The SMILES string of the molecule is Cc1ccc(NC(=O)COC(=O)C2CCN(c3ncnc4sc(C)c(C)c34)CC2)cc1[N+](=O)[O-]. The topological polar surface area (TPSA) is 128 Å². The first-order valence-corrected chi connectivity index (χ1v) is 11.7. The maximum Gasteiger partial charge on any atom is 0.309 e. The molecule has 0 saturated carbocycles. The Kier molecular flexibility index (Phi) is 6.73. The molecular formula is C23H25N5O5S. The van der Waals surface area contributed by atoms with Gasteiger partial charge < -0.3 is 15.0 Å². The van der Waals surface area contributed by atoms with Crippen LogP contribution in [0.25, 0.3) is 10.2 Å². The van der Waals surface area contributed by atoms with E-state index in [0.29, 0.717) is 31.5 Å². The fourth-order valence-electron chi connectivity index (χ4n) is 4.07. The lowest BCUT2D eigenvalue weighted by Crippen LogP contribution is -2.38. The Morgan fingerprint density at radius 2 is 1.97 bits per heavy atom. The fourth-order valence-corrected chi connectivity index (χ4v) is 5.06. The highest BCUT2D eigenvalue weighted by Gasteiger charge is 2.28. The van der Waals surface area contributed by atoms with E-state index < -0.39 is 23.4 Å². The van der Waals surface area contributed by atoms with Crippen LogP contribution < -0.4 is 10.2 Å². The van der Waals surface area contributed by atoms with Crippen molar-refractivity contribution in [3.05, 3.63) is 50.6 Å². The highest BCUT2D eigenvalue weighted by molar-refractivity contribution is 7.18. The van der Waals surface area contributed by atoms with Gasteiger partial charge in [0.2, 0.25) is 0 Å². The largest absolute Gasteiger partial charge is 0.455 e. The standard InChI is InChI=1S/C23H25N5O5S/c1-13-4-5-17(10-18(13)28(31)32)26-19(29)11-33-23(30)16-6-8-27(9-7-16)21-20-14(2)15(3)34-22(20)25-12-24-21/h4-5,10,12,16H,6-9,11H2,1-3H3,(H,26,29). The van der Waals surface area contributed by atoms with E-state index in [-0.39, 0.29) is 17.3 Å². The summed E-state index contributed by atoms with van der Waals surface area (Å²) in [7, 11) is 0. The molecule has 3 heterocycles. The summed E-state index contributed by atoms with van der Waals surface area (Å²) < 4.78 is 5.22. The van der Waals surface area contributed by atoms with Crippen LogP contribution in [0.3, 0.4) is 0 Å². The van der Waals surface area contributed by atoms with Crippen LogP contribution in [0.5, 0.6) is 0 Å². The van der Waals surface area contributed by atoms with E-state index >= 15 is 0 Å². The minimum Gasteiger partial charge on any atom is -0.455 e. The maximum absolute atomic E-state index is 12.5. The highest BCUT2D eigenvalue weighted by Crippen LogP contribution is 2.35. The van der Waals surface area contributed by atoms with Crippen LogP contribution in [-0.2, 0) is 14.3 Å². The van der Waals surface area contributed by atoms with Gasteiger partial charge in [0.1, 0.15) is 17.0 Å². The van der Waals surface area contributed by atoms with Crippen molar-refractivity contribution in [3.8, 4) is 0 Å². The molecule has 0 spiro atoms. The van der Waals surface area contributed by atoms with Gasteiger partial charge in [0.05, 0.1) is 16.2 Å². The number of benzene rings is 1. The van der Waals surface area contributed by atoms with Gasteiger partial charge in [-0.2, -0.15) is 0 Å². The van der Waals surface area contributed by atoms with Crippen LogP contribution >= 0.6 is 11.3 Å². The van der Waals surface area contributed by atoms with Gasteiger partial charge in [0, 0.05) is 35.3 Å². The molecule has 10 nitrogen and oxygen atoms in total. The van der Waals surface area contributed by atoms with Crippen molar-refractivity contribution in [2.45, 2.75) is 33.6 Å². The molecule has 11 heteroatoms. The Bertz CT molecular complexity index is 1270. The summed E-state index contributed by atoms with van der Waals surface area (Å²) in [4.78, 5) is 48.5. The van der Waals surface area contributed by atoms with Gasteiger partial charge in [-0.1, -0.05) is 6.07 Å². The minimum absolute atomic E-state index is 0.0877. The van der Waals surface area contributed by atoms with E-state index in [2.05, 4.69) is 34.0 Å². The zero-order chi connectivity index (χ0) is 24.4. The molecule has 3 aromatic rings. The molecule has 0 aliphatic carbocycles. The van der Waals surface area contributed by atoms with Crippen LogP contribution in [-0.4, -0.2) is 46.5 Å². The van der Waals surface area contributed by atoms with Crippen molar-refractivity contribution in [3.63, 3.8) is 0 Å².